The Hall–Kier alpha value is -1.95. The minimum atomic E-state index is 0.0384. The molecule has 6 heteroatoms. The molecule has 1 unspecified atom stereocenters. The van der Waals surface area contributed by atoms with Gasteiger partial charge >= 0.3 is 0 Å². The van der Waals surface area contributed by atoms with Crippen LogP contribution in [-0.2, 0) is 0 Å². The van der Waals surface area contributed by atoms with E-state index in [1.54, 1.807) is 6.20 Å². The molecule has 4 heterocycles. The Balaban J connectivity index is 1.63. The van der Waals surface area contributed by atoms with Gasteiger partial charge in [0.1, 0.15) is 18.5 Å². The smallest absolute Gasteiger partial charge is 0.169 e. The van der Waals surface area contributed by atoms with Gasteiger partial charge in [-0.05, 0) is 24.3 Å². The van der Waals surface area contributed by atoms with Crippen molar-refractivity contribution in [3.05, 3.63) is 36.2 Å². The van der Waals surface area contributed by atoms with E-state index in [1.165, 1.54) is 4.90 Å². The van der Waals surface area contributed by atoms with Gasteiger partial charge in [0, 0.05) is 23.4 Å². The molecule has 0 bridgehead atoms. The predicted molar refractivity (Wildman–Crippen MR) is 79.5 cm³/mol. The highest BCUT2D eigenvalue weighted by atomic mass is 32.2. The molecule has 0 fully saturated rings. The molecule has 102 valence electrons. The van der Waals surface area contributed by atoms with Crippen LogP contribution in [0.4, 0.5) is 11.6 Å². The predicted octanol–water partition coefficient (Wildman–Crippen LogP) is 2.54. The molecule has 2 aliphatic rings. The second kappa shape index (κ2) is 4.86. The molecule has 0 saturated heterocycles. The van der Waals surface area contributed by atoms with Crippen molar-refractivity contribution in [3.8, 4) is 5.75 Å². The molecule has 2 N–H and O–H groups in total. The average molecular weight is 286 g/mol. The van der Waals surface area contributed by atoms with E-state index in [1.807, 2.05) is 23.9 Å². The van der Waals surface area contributed by atoms with E-state index in [4.69, 9.17) is 9.72 Å². The molecule has 0 aliphatic carbocycles. The van der Waals surface area contributed by atoms with E-state index in [0.29, 0.717) is 6.61 Å². The van der Waals surface area contributed by atoms with Crippen molar-refractivity contribution in [2.75, 3.05) is 29.5 Å². The summed E-state index contributed by atoms with van der Waals surface area (Å²) in [6.07, 6.45) is 1.76. The van der Waals surface area contributed by atoms with Crippen molar-refractivity contribution in [3.63, 3.8) is 0 Å². The summed E-state index contributed by atoms with van der Waals surface area (Å²) >= 11 is 1.84. The number of fused-ring (bicyclic) bond motifs is 2. The number of thioether (sulfide) groups is 1. The van der Waals surface area contributed by atoms with E-state index in [2.05, 4.69) is 27.8 Å². The standard InChI is InChI=1S/C14H14N4OS/c1-2-11-13(15-5-1)18-10(8-19-11)9-3-4-12-14(17-9)16-6-7-20-12/h1-5,10H,6-8H2,(H,15,18)(H,16,17). The number of hydrogen-bond donors (Lipinski definition) is 2. The molecule has 20 heavy (non-hydrogen) atoms. The number of anilines is 2. The third-order valence-electron chi connectivity index (χ3n) is 3.38. The largest absolute Gasteiger partial charge is 0.487 e. The van der Waals surface area contributed by atoms with E-state index in [0.717, 1.165) is 35.4 Å². The Morgan fingerprint density at radius 3 is 3.25 bits per heavy atom. The molecule has 0 radical (unpaired) electrons. The molecule has 1 atom stereocenters. The third kappa shape index (κ3) is 2.06. The van der Waals surface area contributed by atoms with Crippen molar-refractivity contribution >= 4 is 23.4 Å². The fourth-order valence-electron chi connectivity index (χ4n) is 2.38. The van der Waals surface area contributed by atoms with Crippen LogP contribution in [0.25, 0.3) is 0 Å². The minimum absolute atomic E-state index is 0.0384. The molecule has 4 rings (SSSR count). The Labute approximate surface area is 121 Å². The molecular weight excluding hydrogens is 272 g/mol. The second-order valence-electron chi connectivity index (χ2n) is 4.72. The summed E-state index contributed by atoms with van der Waals surface area (Å²) in [4.78, 5) is 10.2. The number of nitrogens with zero attached hydrogens (tertiary/aromatic N) is 2. The van der Waals surface area contributed by atoms with E-state index >= 15 is 0 Å². The van der Waals surface area contributed by atoms with Crippen LogP contribution in [-0.4, -0.2) is 28.9 Å². The Morgan fingerprint density at radius 1 is 1.25 bits per heavy atom. The van der Waals surface area contributed by atoms with Crippen molar-refractivity contribution in [1.82, 2.24) is 9.97 Å². The minimum Gasteiger partial charge on any atom is -0.487 e. The number of ether oxygens (including phenoxy) is 1. The number of hydrogen-bond acceptors (Lipinski definition) is 6. The summed E-state index contributed by atoms with van der Waals surface area (Å²) in [6.45, 7) is 1.53. The van der Waals surface area contributed by atoms with E-state index in [9.17, 15) is 0 Å². The molecule has 2 aromatic rings. The lowest BCUT2D eigenvalue weighted by Gasteiger charge is -2.27. The molecule has 0 saturated carbocycles. The first-order valence-electron chi connectivity index (χ1n) is 6.62. The number of rotatable bonds is 1. The molecule has 0 aromatic carbocycles. The first kappa shape index (κ1) is 11.8. The van der Waals surface area contributed by atoms with Gasteiger partial charge in [-0.1, -0.05) is 0 Å². The number of nitrogens with one attached hydrogen (secondary N) is 2. The van der Waals surface area contributed by atoms with Gasteiger partial charge in [0.05, 0.1) is 5.69 Å². The van der Waals surface area contributed by atoms with Crippen LogP contribution in [0.5, 0.6) is 5.75 Å². The zero-order valence-corrected chi connectivity index (χ0v) is 11.6. The van der Waals surface area contributed by atoms with Gasteiger partial charge in [-0.3, -0.25) is 0 Å². The van der Waals surface area contributed by atoms with Gasteiger partial charge in [-0.15, -0.1) is 11.8 Å². The highest BCUT2D eigenvalue weighted by molar-refractivity contribution is 7.99. The summed E-state index contributed by atoms with van der Waals surface area (Å²) in [5.41, 5.74) is 0.982. The molecule has 5 nitrogen and oxygen atoms in total. The third-order valence-corrected chi connectivity index (χ3v) is 4.42. The maximum atomic E-state index is 5.74. The quantitative estimate of drug-likeness (QED) is 0.840. The van der Waals surface area contributed by atoms with Crippen LogP contribution in [0, 0.1) is 0 Å². The van der Waals surface area contributed by atoms with Crippen LogP contribution in [0.1, 0.15) is 11.7 Å². The summed E-state index contributed by atoms with van der Waals surface area (Å²) < 4.78 is 5.74. The number of pyridine rings is 2. The first-order chi connectivity index (χ1) is 9.90. The van der Waals surface area contributed by atoms with Crippen molar-refractivity contribution in [2.45, 2.75) is 10.9 Å². The molecular formula is C14H14N4OS. The Morgan fingerprint density at radius 2 is 2.25 bits per heavy atom. The maximum absolute atomic E-state index is 5.74. The topological polar surface area (TPSA) is 59.1 Å². The first-order valence-corrected chi connectivity index (χ1v) is 7.61. The average Bonchev–Trinajstić information content (AvgIpc) is 2.54. The lowest BCUT2D eigenvalue weighted by Crippen LogP contribution is -2.26. The molecule has 2 aliphatic heterocycles. The summed E-state index contributed by atoms with van der Waals surface area (Å²) in [6, 6.07) is 8.03. The van der Waals surface area contributed by atoms with Crippen molar-refractivity contribution in [2.24, 2.45) is 0 Å². The second-order valence-corrected chi connectivity index (χ2v) is 5.85. The van der Waals surface area contributed by atoms with Crippen LogP contribution in [0.3, 0.4) is 0 Å². The molecule has 2 aromatic heterocycles. The lowest BCUT2D eigenvalue weighted by atomic mass is 10.1. The molecule has 0 amide bonds. The normalized spacial score (nSPS) is 19.9. The SMILES string of the molecule is c1cnc2c(c1)OCC(c1ccc3c(n1)NCCS3)N2. The van der Waals surface area contributed by atoms with Crippen molar-refractivity contribution in [1.29, 1.82) is 0 Å². The summed E-state index contributed by atoms with van der Waals surface area (Å²) in [5.74, 6) is 3.66. The van der Waals surface area contributed by atoms with Crippen LogP contribution >= 0.6 is 11.8 Å². The summed E-state index contributed by atoms with van der Waals surface area (Å²) in [5, 5.41) is 6.73. The molecule has 0 spiro atoms. The fraction of sp³-hybridized carbons (Fsp3) is 0.286. The van der Waals surface area contributed by atoms with Gasteiger partial charge in [-0.2, -0.15) is 0 Å². The van der Waals surface area contributed by atoms with Crippen LogP contribution in [0.2, 0.25) is 0 Å². The zero-order chi connectivity index (χ0) is 13.4. The monoisotopic (exact) mass is 286 g/mol. The highest BCUT2D eigenvalue weighted by Crippen LogP contribution is 2.34. The highest BCUT2D eigenvalue weighted by Gasteiger charge is 2.23. The van der Waals surface area contributed by atoms with Gasteiger partial charge in [-0.25, -0.2) is 9.97 Å². The van der Waals surface area contributed by atoms with Crippen LogP contribution < -0.4 is 15.4 Å². The Bertz CT molecular complexity index is 649. The van der Waals surface area contributed by atoms with E-state index in [-0.39, 0.29) is 6.04 Å². The van der Waals surface area contributed by atoms with Crippen LogP contribution in [0.15, 0.2) is 35.4 Å². The Kier molecular flexibility index (Phi) is 2.88. The van der Waals surface area contributed by atoms with Crippen molar-refractivity contribution < 1.29 is 4.74 Å². The van der Waals surface area contributed by atoms with Gasteiger partial charge in [0.2, 0.25) is 0 Å². The lowest BCUT2D eigenvalue weighted by molar-refractivity contribution is 0.282. The fourth-order valence-corrected chi connectivity index (χ4v) is 3.23. The summed E-state index contributed by atoms with van der Waals surface area (Å²) in [7, 11) is 0. The maximum Gasteiger partial charge on any atom is 0.169 e. The van der Waals surface area contributed by atoms with Gasteiger partial charge in [0.15, 0.2) is 11.6 Å². The number of aromatic nitrogens is 2. The zero-order valence-electron chi connectivity index (χ0n) is 10.8. The van der Waals surface area contributed by atoms with Gasteiger partial charge in [0.25, 0.3) is 0 Å². The van der Waals surface area contributed by atoms with E-state index < -0.39 is 0 Å². The van der Waals surface area contributed by atoms with Gasteiger partial charge < -0.3 is 15.4 Å².